The number of alkyl halides is 3. The molecular weight excluding hydrogens is 537 g/mol. The Labute approximate surface area is 132 Å². The number of unbranched alkanes of at least 4 members (excludes halogenated alkanes) is 3. The summed E-state index contributed by atoms with van der Waals surface area (Å²) in [6.07, 6.45) is 5.67. The van der Waals surface area contributed by atoms with E-state index < -0.39 is 9.90 Å². The Morgan fingerprint density at radius 3 is 1.93 bits per heavy atom. The Kier molecular flexibility index (Phi) is 10.3. The SMILES string of the molecule is OC(O)(O)C(I)C(I)CCCCCCI. The van der Waals surface area contributed by atoms with E-state index in [0.29, 0.717) is 0 Å². The van der Waals surface area contributed by atoms with Crippen molar-refractivity contribution in [2.24, 2.45) is 0 Å². The van der Waals surface area contributed by atoms with Crippen LogP contribution in [-0.4, -0.2) is 33.6 Å². The van der Waals surface area contributed by atoms with E-state index in [-0.39, 0.29) is 3.92 Å². The van der Waals surface area contributed by atoms with E-state index in [1.165, 1.54) is 23.7 Å². The molecule has 0 heterocycles. The highest BCUT2D eigenvalue weighted by Crippen LogP contribution is 2.27. The molecule has 2 unspecified atom stereocenters. The normalized spacial score (nSPS) is 16.4. The maximum atomic E-state index is 9.00. The summed E-state index contributed by atoms with van der Waals surface area (Å²) in [6, 6.07) is 0. The van der Waals surface area contributed by atoms with Crippen molar-refractivity contribution in [3.05, 3.63) is 0 Å². The molecule has 0 spiro atoms. The number of hydrogen-bond donors (Lipinski definition) is 3. The smallest absolute Gasteiger partial charge is 0.288 e. The van der Waals surface area contributed by atoms with Crippen molar-refractivity contribution in [3.63, 3.8) is 0 Å². The average Bonchev–Trinajstić information content (AvgIpc) is 2.14. The van der Waals surface area contributed by atoms with Crippen molar-refractivity contribution in [3.8, 4) is 0 Å². The average molecular weight is 554 g/mol. The summed E-state index contributed by atoms with van der Waals surface area (Å²) in [4.78, 5) is 0. The quantitative estimate of drug-likeness (QED) is 0.187. The predicted octanol–water partition coefficient (Wildman–Crippen LogP) is 2.61. The van der Waals surface area contributed by atoms with E-state index in [1.54, 1.807) is 0 Å². The van der Waals surface area contributed by atoms with Gasteiger partial charge in [-0.2, -0.15) is 0 Å². The van der Waals surface area contributed by atoms with Crippen LogP contribution in [0.5, 0.6) is 0 Å². The molecule has 2 atom stereocenters. The molecule has 0 amide bonds. The minimum Gasteiger partial charge on any atom is -0.343 e. The minimum atomic E-state index is -2.55. The molecule has 0 aromatic rings. The maximum absolute atomic E-state index is 9.00. The Hall–Kier alpha value is 2.07. The monoisotopic (exact) mass is 554 g/mol. The lowest BCUT2D eigenvalue weighted by Gasteiger charge is -2.25. The molecule has 0 saturated carbocycles. The summed E-state index contributed by atoms with van der Waals surface area (Å²) in [5.41, 5.74) is 0. The molecule has 3 nitrogen and oxygen atoms in total. The summed E-state index contributed by atoms with van der Waals surface area (Å²) in [5.74, 6) is -2.55. The van der Waals surface area contributed by atoms with Gasteiger partial charge in [0.25, 0.3) is 5.97 Å². The molecule has 15 heavy (non-hydrogen) atoms. The largest absolute Gasteiger partial charge is 0.343 e. The molecule has 0 rings (SSSR count). The highest BCUT2D eigenvalue weighted by molar-refractivity contribution is 14.1. The third kappa shape index (κ3) is 8.75. The van der Waals surface area contributed by atoms with Crippen LogP contribution in [0.15, 0.2) is 0 Å². The molecule has 6 heteroatoms. The highest BCUT2D eigenvalue weighted by Gasteiger charge is 2.34. The molecule has 3 N–H and O–H groups in total. The minimum absolute atomic E-state index is 0.0859. The van der Waals surface area contributed by atoms with Gasteiger partial charge in [0.2, 0.25) is 0 Å². The fourth-order valence-corrected chi connectivity index (χ4v) is 3.00. The van der Waals surface area contributed by atoms with Gasteiger partial charge in [-0.05, 0) is 17.3 Å². The standard InChI is InChI=1S/C9H17I3O3/c10-6-4-2-1-3-5-7(11)8(12)9(13,14)15/h7-8,13-15H,1-6H2. The Balaban J connectivity index is 3.60. The van der Waals surface area contributed by atoms with E-state index in [1.807, 2.05) is 22.6 Å². The first-order chi connectivity index (χ1) is 6.89. The van der Waals surface area contributed by atoms with Crippen LogP contribution in [0.3, 0.4) is 0 Å². The van der Waals surface area contributed by atoms with Gasteiger partial charge in [0.05, 0.1) is 0 Å². The molecule has 0 radical (unpaired) electrons. The summed E-state index contributed by atoms with van der Waals surface area (Å²) in [5, 5.41) is 27.0. The fourth-order valence-electron chi connectivity index (χ4n) is 1.18. The van der Waals surface area contributed by atoms with E-state index in [2.05, 4.69) is 45.2 Å². The van der Waals surface area contributed by atoms with Crippen molar-refractivity contribution < 1.29 is 15.3 Å². The number of rotatable bonds is 8. The number of aliphatic hydroxyl groups is 3. The molecule has 0 aliphatic heterocycles. The van der Waals surface area contributed by atoms with E-state index in [9.17, 15) is 0 Å². The topological polar surface area (TPSA) is 60.7 Å². The second kappa shape index (κ2) is 9.06. The van der Waals surface area contributed by atoms with Gasteiger partial charge in [-0.1, -0.05) is 87.0 Å². The van der Waals surface area contributed by atoms with Gasteiger partial charge in [-0.25, -0.2) is 0 Å². The predicted molar refractivity (Wildman–Crippen MR) is 87.0 cm³/mol. The van der Waals surface area contributed by atoms with Crippen molar-refractivity contribution in [2.75, 3.05) is 4.43 Å². The Morgan fingerprint density at radius 2 is 1.47 bits per heavy atom. The van der Waals surface area contributed by atoms with Gasteiger partial charge in [0.1, 0.15) is 3.92 Å². The summed E-state index contributed by atoms with van der Waals surface area (Å²) in [7, 11) is 0. The third-order valence-corrected chi connectivity index (χ3v) is 7.24. The van der Waals surface area contributed by atoms with Crippen LogP contribution in [0, 0.1) is 0 Å². The first-order valence-electron chi connectivity index (χ1n) is 4.90. The van der Waals surface area contributed by atoms with Gasteiger partial charge in [0, 0.05) is 3.92 Å². The van der Waals surface area contributed by atoms with E-state index >= 15 is 0 Å². The van der Waals surface area contributed by atoms with Crippen LogP contribution in [-0.2, 0) is 0 Å². The molecule has 0 aliphatic carbocycles. The van der Waals surface area contributed by atoms with Crippen molar-refractivity contribution in [1.29, 1.82) is 0 Å². The molecule has 0 fully saturated rings. The summed E-state index contributed by atoms with van der Waals surface area (Å²) < 4.78 is 0.746. The van der Waals surface area contributed by atoms with Gasteiger partial charge in [0.15, 0.2) is 0 Å². The number of hydrogen-bond acceptors (Lipinski definition) is 3. The molecular formula is C9H17I3O3. The molecule has 0 aromatic heterocycles. The molecule has 0 aromatic carbocycles. The Bertz CT molecular complexity index is 161. The van der Waals surface area contributed by atoms with Crippen LogP contribution < -0.4 is 0 Å². The van der Waals surface area contributed by atoms with Crippen molar-refractivity contribution in [1.82, 2.24) is 0 Å². The van der Waals surface area contributed by atoms with Crippen LogP contribution in [0.4, 0.5) is 0 Å². The second-order valence-electron chi connectivity index (χ2n) is 3.50. The van der Waals surface area contributed by atoms with Gasteiger partial charge < -0.3 is 15.3 Å². The van der Waals surface area contributed by atoms with Crippen molar-refractivity contribution >= 4 is 67.8 Å². The lowest BCUT2D eigenvalue weighted by atomic mass is 10.1. The summed E-state index contributed by atoms with van der Waals surface area (Å²) in [6.45, 7) is 0. The van der Waals surface area contributed by atoms with Crippen LogP contribution >= 0.6 is 67.8 Å². The zero-order chi connectivity index (χ0) is 11.9. The number of halogens is 3. The third-order valence-electron chi connectivity index (χ3n) is 2.05. The fraction of sp³-hybridized carbons (Fsp3) is 1.00. The first-order valence-corrected chi connectivity index (χ1v) is 8.92. The molecule has 92 valence electrons. The van der Waals surface area contributed by atoms with E-state index in [4.69, 9.17) is 15.3 Å². The van der Waals surface area contributed by atoms with Gasteiger partial charge >= 0.3 is 0 Å². The maximum Gasteiger partial charge on any atom is 0.288 e. The molecule has 0 bridgehead atoms. The second-order valence-corrected chi connectivity index (χ2v) is 7.52. The van der Waals surface area contributed by atoms with Gasteiger partial charge in [-0.3, -0.25) is 0 Å². The van der Waals surface area contributed by atoms with Gasteiger partial charge in [-0.15, -0.1) is 0 Å². The van der Waals surface area contributed by atoms with E-state index in [0.717, 1.165) is 12.8 Å². The van der Waals surface area contributed by atoms with Crippen molar-refractivity contribution in [2.45, 2.75) is 45.9 Å². The lowest BCUT2D eigenvalue weighted by Crippen LogP contribution is -2.42. The Morgan fingerprint density at radius 1 is 0.933 bits per heavy atom. The molecule has 0 saturated heterocycles. The van der Waals surface area contributed by atoms with Crippen LogP contribution in [0.1, 0.15) is 32.1 Å². The summed E-state index contributed by atoms with van der Waals surface area (Å²) >= 11 is 6.42. The van der Waals surface area contributed by atoms with Crippen LogP contribution in [0.2, 0.25) is 0 Å². The van der Waals surface area contributed by atoms with Crippen LogP contribution in [0.25, 0.3) is 0 Å². The zero-order valence-electron chi connectivity index (χ0n) is 8.37. The lowest BCUT2D eigenvalue weighted by molar-refractivity contribution is -0.306. The molecule has 0 aliphatic rings. The highest BCUT2D eigenvalue weighted by atomic mass is 127. The zero-order valence-corrected chi connectivity index (χ0v) is 14.8. The first kappa shape index (κ1) is 17.1.